The predicted octanol–water partition coefficient (Wildman–Crippen LogP) is 5.02. The van der Waals surface area contributed by atoms with Gasteiger partial charge in [0.05, 0.1) is 18.2 Å². The minimum Gasteiger partial charge on any atom is -0.478 e. The smallest absolute Gasteiger partial charge is 0.331 e. The number of carboxylic acid groups (broad SMARTS) is 1. The molecule has 2 aromatic rings. The topological polar surface area (TPSA) is 87.7 Å². The van der Waals surface area contributed by atoms with Crippen molar-refractivity contribution in [2.75, 3.05) is 0 Å². The van der Waals surface area contributed by atoms with E-state index in [0.717, 1.165) is 28.8 Å². The molecule has 0 spiro atoms. The summed E-state index contributed by atoms with van der Waals surface area (Å²) in [7, 11) is 0. The number of carboxylic acids is 1. The van der Waals surface area contributed by atoms with Gasteiger partial charge in [-0.1, -0.05) is 43.6 Å². The fourth-order valence-electron chi connectivity index (χ4n) is 4.11. The molecule has 1 aromatic carbocycles. The van der Waals surface area contributed by atoms with Crippen LogP contribution in [0.25, 0.3) is 10.4 Å². The van der Waals surface area contributed by atoms with Crippen LogP contribution in [0.3, 0.4) is 0 Å². The highest BCUT2D eigenvalue weighted by molar-refractivity contribution is 7.13. The van der Waals surface area contributed by atoms with Gasteiger partial charge in [-0.2, -0.15) is 0 Å². The zero-order chi connectivity index (χ0) is 24.0. The SMILES string of the molecule is CCC(CC)O[C@@H]1C=C(C(=O)O)C[C@H](NCc2ccc(-c3cccs3)c(Cl)c2)[C@H]1NC(C)=O. The van der Waals surface area contributed by atoms with Crippen molar-refractivity contribution in [3.05, 3.63) is 57.9 Å². The molecule has 33 heavy (non-hydrogen) atoms. The molecule has 0 bridgehead atoms. The molecule has 0 saturated heterocycles. The first-order valence-electron chi connectivity index (χ1n) is 11.2. The van der Waals surface area contributed by atoms with Crippen LogP contribution >= 0.6 is 22.9 Å². The second-order valence-electron chi connectivity index (χ2n) is 8.25. The van der Waals surface area contributed by atoms with Crippen LogP contribution in [-0.2, 0) is 20.9 Å². The molecule has 0 fully saturated rings. The number of halogens is 1. The minimum absolute atomic E-state index is 0.0140. The standard InChI is InChI=1S/C25H31ClN2O4S/c1-4-18(5-2)32-22-13-17(25(30)31)12-21(24(22)28-15(3)29)27-14-16-8-9-19(20(26)11-16)23-7-6-10-33-23/h6-11,13,18,21-22,24,27H,4-5,12,14H2,1-3H3,(H,28,29)(H,30,31)/t21-,22+,24+/m0/s1. The van der Waals surface area contributed by atoms with Gasteiger partial charge in [-0.25, -0.2) is 4.79 Å². The molecule has 3 N–H and O–H groups in total. The largest absolute Gasteiger partial charge is 0.478 e. The molecule has 0 unspecified atom stereocenters. The fourth-order valence-corrected chi connectivity index (χ4v) is 5.24. The van der Waals surface area contributed by atoms with Gasteiger partial charge in [0.1, 0.15) is 0 Å². The Morgan fingerprint density at radius 3 is 2.61 bits per heavy atom. The molecule has 1 amide bonds. The summed E-state index contributed by atoms with van der Waals surface area (Å²) in [5.74, 6) is -1.15. The lowest BCUT2D eigenvalue weighted by molar-refractivity contribution is -0.133. The molecule has 1 aliphatic rings. The van der Waals surface area contributed by atoms with Crippen molar-refractivity contribution in [1.29, 1.82) is 0 Å². The first kappa shape index (κ1) is 25.4. The number of hydrogen-bond acceptors (Lipinski definition) is 5. The van der Waals surface area contributed by atoms with Crippen molar-refractivity contribution in [3.8, 4) is 10.4 Å². The Bertz CT molecular complexity index is 988. The van der Waals surface area contributed by atoms with Crippen LogP contribution in [0.2, 0.25) is 5.02 Å². The Morgan fingerprint density at radius 1 is 1.27 bits per heavy atom. The lowest BCUT2D eigenvalue weighted by Gasteiger charge is -2.38. The van der Waals surface area contributed by atoms with Crippen molar-refractivity contribution in [2.45, 2.75) is 70.9 Å². The van der Waals surface area contributed by atoms with E-state index in [2.05, 4.69) is 10.6 Å². The molecule has 6 nitrogen and oxygen atoms in total. The molecule has 0 radical (unpaired) electrons. The van der Waals surface area contributed by atoms with Gasteiger partial charge in [-0.3, -0.25) is 4.79 Å². The molecule has 0 saturated carbocycles. The monoisotopic (exact) mass is 490 g/mol. The number of rotatable bonds is 10. The van der Waals surface area contributed by atoms with Gasteiger partial charge >= 0.3 is 5.97 Å². The van der Waals surface area contributed by atoms with E-state index in [1.165, 1.54) is 6.92 Å². The summed E-state index contributed by atoms with van der Waals surface area (Å²) in [5.41, 5.74) is 2.25. The summed E-state index contributed by atoms with van der Waals surface area (Å²) < 4.78 is 6.23. The van der Waals surface area contributed by atoms with E-state index in [9.17, 15) is 14.7 Å². The van der Waals surface area contributed by atoms with Gasteiger partial charge in [0.15, 0.2) is 0 Å². The average Bonchev–Trinajstić information content (AvgIpc) is 3.31. The Hall–Kier alpha value is -2.19. The summed E-state index contributed by atoms with van der Waals surface area (Å²) in [5, 5.41) is 18.8. The number of nitrogens with one attached hydrogen (secondary N) is 2. The maximum absolute atomic E-state index is 12.0. The summed E-state index contributed by atoms with van der Waals surface area (Å²) in [6.07, 6.45) is 3.00. The van der Waals surface area contributed by atoms with Gasteiger partial charge in [0, 0.05) is 40.5 Å². The van der Waals surface area contributed by atoms with Gasteiger partial charge < -0.3 is 20.5 Å². The molecule has 1 aromatic heterocycles. The van der Waals surface area contributed by atoms with E-state index < -0.39 is 12.1 Å². The van der Waals surface area contributed by atoms with E-state index in [-0.39, 0.29) is 36.1 Å². The van der Waals surface area contributed by atoms with Crippen LogP contribution in [0.4, 0.5) is 0 Å². The van der Waals surface area contributed by atoms with Crippen molar-refractivity contribution >= 4 is 34.8 Å². The van der Waals surface area contributed by atoms with Crippen LogP contribution in [0.15, 0.2) is 47.4 Å². The third kappa shape index (κ3) is 6.67. The number of carbonyl (C=O) groups is 2. The van der Waals surface area contributed by atoms with Gasteiger partial charge in [0.2, 0.25) is 5.91 Å². The van der Waals surface area contributed by atoms with Crippen LogP contribution in [0.5, 0.6) is 0 Å². The van der Waals surface area contributed by atoms with Gasteiger partial charge in [0.25, 0.3) is 0 Å². The Kier molecular flexibility index (Phi) is 9.09. The third-order valence-electron chi connectivity index (χ3n) is 5.89. The number of thiophene rings is 1. The highest BCUT2D eigenvalue weighted by atomic mass is 35.5. The van der Waals surface area contributed by atoms with Crippen LogP contribution in [0, 0.1) is 0 Å². The maximum Gasteiger partial charge on any atom is 0.331 e. The molecule has 1 aliphatic carbocycles. The highest BCUT2D eigenvalue weighted by Crippen LogP contribution is 2.32. The Balaban J connectivity index is 1.80. The van der Waals surface area contributed by atoms with E-state index in [1.54, 1.807) is 17.4 Å². The second-order valence-corrected chi connectivity index (χ2v) is 9.60. The Morgan fingerprint density at radius 2 is 2.03 bits per heavy atom. The fraction of sp³-hybridized carbons (Fsp3) is 0.440. The van der Waals surface area contributed by atoms with E-state index in [1.807, 2.05) is 49.6 Å². The van der Waals surface area contributed by atoms with E-state index in [4.69, 9.17) is 16.3 Å². The molecular formula is C25H31ClN2O4S. The van der Waals surface area contributed by atoms with E-state index in [0.29, 0.717) is 11.6 Å². The van der Waals surface area contributed by atoms with Crippen LogP contribution < -0.4 is 10.6 Å². The zero-order valence-electron chi connectivity index (χ0n) is 19.1. The minimum atomic E-state index is -0.968. The molecule has 8 heteroatoms. The average molecular weight is 491 g/mol. The molecular weight excluding hydrogens is 460 g/mol. The van der Waals surface area contributed by atoms with Crippen LogP contribution in [-0.4, -0.2) is 41.3 Å². The quantitative estimate of drug-likeness (QED) is 0.435. The third-order valence-corrected chi connectivity index (χ3v) is 7.10. The summed E-state index contributed by atoms with van der Waals surface area (Å²) in [6, 6.07) is 9.27. The van der Waals surface area contributed by atoms with Gasteiger partial charge in [-0.05, 0) is 48.4 Å². The second kappa shape index (κ2) is 11.8. The Labute approximate surface area is 204 Å². The molecule has 3 atom stereocenters. The van der Waals surface area contributed by atoms with Crippen molar-refractivity contribution in [1.82, 2.24) is 10.6 Å². The zero-order valence-corrected chi connectivity index (χ0v) is 20.7. The van der Waals surface area contributed by atoms with Crippen molar-refractivity contribution < 1.29 is 19.4 Å². The normalized spacial score (nSPS) is 20.5. The number of hydrogen-bond donors (Lipinski definition) is 3. The first-order valence-corrected chi connectivity index (χ1v) is 12.5. The van der Waals surface area contributed by atoms with E-state index >= 15 is 0 Å². The molecule has 3 rings (SSSR count). The summed E-state index contributed by atoms with van der Waals surface area (Å²) >= 11 is 8.17. The number of aliphatic carboxylic acids is 1. The molecule has 178 valence electrons. The number of amides is 1. The predicted molar refractivity (Wildman–Crippen MR) is 133 cm³/mol. The number of benzene rings is 1. The number of carbonyl (C=O) groups excluding carboxylic acids is 1. The highest BCUT2D eigenvalue weighted by Gasteiger charge is 2.37. The summed E-state index contributed by atoms with van der Waals surface area (Å²) in [4.78, 5) is 24.9. The van der Waals surface area contributed by atoms with Gasteiger partial charge in [-0.15, -0.1) is 11.3 Å². The molecule has 1 heterocycles. The van der Waals surface area contributed by atoms with Crippen LogP contribution in [0.1, 0.15) is 45.6 Å². The van der Waals surface area contributed by atoms with Crippen molar-refractivity contribution in [2.24, 2.45) is 0 Å². The van der Waals surface area contributed by atoms with Crippen molar-refractivity contribution in [3.63, 3.8) is 0 Å². The maximum atomic E-state index is 12.0. The first-order chi connectivity index (χ1) is 15.8. The lowest BCUT2D eigenvalue weighted by Crippen LogP contribution is -2.58. The number of ether oxygens (including phenoxy) is 1. The lowest BCUT2D eigenvalue weighted by atomic mass is 9.87. The summed E-state index contributed by atoms with van der Waals surface area (Å²) in [6.45, 7) is 6.01. The molecule has 0 aliphatic heterocycles.